The molecule has 0 saturated carbocycles. The van der Waals surface area contributed by atoms with E-state index in [1.54, 1.807) is 6.92 Å². The van der Waals surface area contributed by atoms with Crippen LogP contribution < -0.4 is 5.32 Å². The lowest BCUT2D eigenvalue weighted by Gasteiger charge is -2.15. The van der Waals surface area contributed by atoms with E-state index in [4.69, 9.17) is 0 Å². The second-order valence-electron chi connectivity index (χ2n) is 6.97. The lowest BCUT2D eigenvalue weighted by atomic mass is 10.2. The van der Waals surface area contributed by atoms with Crippen molar-refractivity contribution >= 4 is 27.5 Å². The number of amides is 1. The summed E-state index contributed by atoms with van der Waals surface area (Å²) >= 11 is 0.856. The van der Waals surface area contributed by atoms with Crippen LogP contribution in [-0.2, 0) is 25.9 Å². The third kappa shape index (κ3) is 4.45. The fourth-order valence-electron chi connectivity index (χ4n) is 2.99. The number of thiophene rings is 1. The maximum absolute atomic E-state index is 13.1. The molecule has 3 aromatic heterocycles. The second-order valence-corrected chi connectivity index (χ2v) is 8.00. The zero-order valence-electron chi connectivity index (χ0n) is 16.0. The van der Waals surface area contributed by atoms with Crippen LogP contribution in [0.25, 0.3) is 10.2 Å². The first-order chi connectivity index (χ1) is 13.8. The summed E-state index contributed by atoms with van der Waals surface area (Å²) in [6.45, 7) is 3.02. The van der Waals surface area contributed by atoms with Gasteiger partial charge in [-0.3, -0.25) is 14.2 Å². The van der Waals surface area contributed by atoms with Crippen LogP contribution in [0.1, 0.15) is 33.7 Å². The van der Waals surface area contributed by atoms with Crippen LogP contribution in [0.4, 0.5) is 26.3 Å². The fourth-order valence-corrected chi connectivity index (χ4v) is 3.98. The smallest absolute Gasteiger partial charge is 0.351 e. The summed E-state index contributed by atoms with van der Waals surface area (Å²) in [6, 6.07) is 2.06. The molecule has 13 heteroatoms. The molecule has 0 aromatic carbocycles. The van der Waals surface area contributed by atoms with Crippen LogP contribution in [0.3, 0.4) is 0 Å². The van der Waals surface area contributed by atoms with Gasteiger partial charge in [0.25, 0.3) is 5.91 Å². The first kappa shape index (κ1) is 22.1. The highest BCUT2D eigenvalue weighted by molar-refractivity contribution is 7.20. The van der Waals surface area contributed by atoms with Gasteiger partial charge in [0, 0.05) is 25.5 Å². The van der Waals surface area contributed by atoms with Gasteiger partial charge in [0.15, 0.2) is 5.69 Å². The topological polar surface area (TPSA) is 64.7 Å². The van der Waals surface area contributed by atoms with Gasteiger partial charge in [0.1, 0.15) is 10.5 Å². The molecular formula is C17H17F6N5OS. The first-order valence-electron chi connectivity index (χ1n) is 8.71. The summed E-state index contributed by atoms with van der Waals surface area (Å²) in [5.74, 6) is -1.01. The van der Waals surface area contributed by atoms with Gasteiger partial charge in [-0.1, -0.05) is 6.92 Å². The van der Waals surface area contributed by atoms with Crippen LogP contribution in [-0.4, -0.2) is 32.0 Å². The summed E-state index contributed by atoms with van der Waals surface area (Å²) < 4.78 is 80.2. The van der Waals surface area contributed by atoms with E-state index in [0.29, 0.717) is 0 Å². The maximum atomic E-state index is 13.1. The largest absolute Gasteiger partial charge is 0.435 e. The quantitative estimate of drug-likeness (QED) is 0.588. The molecule has 3 rings (SSSR count). The van der Waals surface area contributed by atoms with Crippen molar-refractivity contribution in [1.29, 1.82) is 0 Å². The van der Waals surface area contributed by atoms with Crippen molar-refractivity contribution in [1.82, 2.24) is 24.9 Å². The Morgan fingerprint density at radius 3 is 2.43 bits per heavy atom. The molecule has 1 atom stereocenters. The summed E-state index contributed by atoms with van der Waals surface area (Å²) in [6.07, 6.45) is -9.20. The van der Waals surface area contributed by atoms with Gasteiger partial charge < -0.3 is 5.32 Å². The minimum atomic E-state index is -4.65. The van der Waals surface area contributed by atoms with Gasteiger partial charge in [-0.05, 0) is 25.0 Å². The number of carbonyl (C=O) groups excluding carboxylic acids is 1. The van der Waals surface area contributed by atoms with Crippen LogP contribution >= 0.6 is 11.3 Å². The number of rotatable bonds is 5. The standard InChI is InChI=1S/C17H17F6N5OS/c1-8(7-28-12(16(18,19)20)4-9(2)25-28)6-24-14(29)11-5-10-13(17(21,22)23)26-27(3)15(10)30-11/h4-5,8H,6-7H2,1-3H3,(H,24,29). The maximum Gasteiger partial charge on any atom is 0.435 e. The Kier molecular flexibility index (Phi) is 5.60. The molecule has 1 unspecified atom stereocenters. The van der Waals surface area contributed by atoms with Crippen LogP contribution in [0.15, 0.2) is 12.1 Å². The van der Waals surface area contributed by atoms with Crippen LogP contribution in [0.2, 0.25) is 0 Å². The fraction of sp³-hybridized carbons (Fsp3) is 0.471. The van der Waals surface area contributed by atoms with Gasteiger partial charge in [0.2, 0.25) is 0 Å². The van der Waals surface area contributed by atoms with Crippen molar-refractivity contribution in [2.75, 3.05) is 6.54 Å². The minimum Gasteiger partial charge on any atom is -0.351 e. The summed E-state index contributed by atoms with van der Waals surface area (Å²) in [7, 11) is 1.35. The highest BCUT2D eigenvalue weighted by Crippen LogP contribution is 2.37. The van der Waals surface area contributed by atoms with Crippen LogP contribution in [0.5, 0.6) is 0 Å². The molecule has 1 amide bonds. The lowest BCUT2D eigenvalue weighted by Crippen LogP contribution is -2.30. The molecule has 0 aliphatic rings. The third-order valence-electron chi connectivity index (χ3n) is 4.29. The number of nitrogens with one attached hydrogen (secondary N) is 1. The van der Waals surface area contributed by atoms with Crippen LogP contribution in [0, 0.1) is 12.8 Å². The number of aryl methyl sites for hydroxylation is 2. The molecule has 30 heavy (non-hydrogen) atoms. The highest BCUT2D eigenvalue weighted by atomic mass is 32.1. The molecule has 164 valence electrons. The SMILES string of the molecule is Cc1cc(C(F)(F)F)n(CC(C)CNC(=O)c2cc3c(C(F)(F)F)nn(C)c3s2)n1. The van der Waals surface area contributed by atoms with Gasteiger partial charge in [-0.2, -0.15) is 36.5 Å². The van der Waals surface area contributed by atoms with E-state index < -0.39 is 35.6 Å². The van der Waals surface area contributed by atoms with E-state index >= 15 is 0 Å². The van der Waals surface area contributed by atoms with E-state index in [0.717, 1.165) is 32.8 Å². The molecule has 3 aromatic rings. The lowest BCUT2D eigenvalue weighted by molar-refractivity contribution is -0.144. The van der Waals surface area contributed by atoms with Crippen molar-refractivity contribution in [2.45, 2.75) is 32.7 Å². The zero-order chi connectivity index (χ0) is 22.4. The van der Waals surface area contributed by atoms with Gasteiger partial charge >= 0.3 is 12.4 Å². The number of alkyl halides is 6. The van der Waals surface area contributed by atoms with Crippen molar-refractivity contribution in [3.63, 3.8) is 0 Å². The molecule has 6 nitrogen and oxygen atoms in total. The Labute approximate surface area is 170 Å². The van der Waals surface area contributed by atoms with Crippen molar-refractivity contribution < 1.29 is 31.1 Å². The van der Waals surface area contributed by atoms with Crippen molar-refractivity contribution in [2.24, 2.45) is 13.0 Å². The number of carbonyl (C=O) groups is 1. The van der Waals surface area contributed by atoms with Gasteiger partial charge in [-0.15, -0.1) is 11.3 Å². The molecular weight excluding hydrogens is 436 g/mol. The third-order valence-corrected chi connectivity index (χ3v) is 5.49. The Hall–Kier alpha value is -2.57. The Morgan fingerprint density at radius 1 is 1.17 bits per heavy atom. The summed E-state index contributed by atoms with van der Waals surface area (Å²) in [4.78, 5) is 12.6. The van der Waals surface area contributed by atoms with Crippen molar-refractivity contribution in [3.8, 4) is 0 Å². The Bertz CT molecular complexity index is 1080. The number of hydrogen-bond donors (Lipinski definition) is 1. The van der Waals surface area contributed by atoms with E-state index in [-0.39, 0.29) is 33.9 Å². The van der Waals surface area contributed by atoms with Gasteiger partial charge in [-0.25, -0.2) is 0 Å². The van der Waals surface area contributed by atoms with E-state index in [2.05, 4.69) is 15.5 Å². The van der Waals surface area contributed by atoms with Crippen molar-refractivity contribution in [3.05, 3.63) is 34.1 Å². The number of nitrogens with zero attached hydrogens (tertiary/aromatic N) is 4. The van der Waals surface area contributed by atoms with E-state index in [1.807, 2.05) is 0 Å². The minimum absolute atomic E-state index is 0.0215. The summed E-state index contributed by atoms with van der Waals surface area (Å²) in [5, 5.41) is 9.66. The predicted octanol–water partition coefficient (Wildman–Crippen LogP) is 4.24. The number of aromatic nitrogens is 4. The molecule has 1 N–H and O–H groups in total. The molecule has 0 aliphatic carbocycles. The average molecular weight is 453 g/mol. The van der Waals surface area contributed by atoms with E-state index in [1.165, 1.54) is 14.0 Å². The number of hydrogen-bond acceptors (Lipinski definition) is 4. The molecule has 0 saturated heterocycles. The Morgan fingerprint density at radius 2 is 1.83 bits per heavy atom. The Balaban J connectivity index is 1.69. The number of fused-ring (bicyclic) bond motifs is 1. The molecule has 3 heterocycles. The molecule has 0 fully saturated rings. The normalized spacial score (nSPS) is 13.8. The monoisotopic (exact) mass is 453 g/mol. The highest BCUT2D eigenvalue weighted by Gasteiger charge is 2.38. The summed E-state index contributed by atoms with van der Waals surface area (Å²) in [5.41, 5.74) is -1.73. The molecule has 0 spiro atoms. The zero-order valence-corrected chi connectivity index (χ0v) is 16.8. The molecule has 0 aliphatic heterocycles. The molecule has 0 radical (unpaired) electrons. The second kappa shape index (κ2) is 7.60. The first-order valence-corrected chi connectivity index (χ1v) is 9.52. The number of halogens is 6. The van der Waals surface area contributed by atoms with E-state index in [9.17, 15) is 31.1 Å². The average Bonchev–Trinajstić information content (AvgIpc) is 3.26. The van der Waals surface area contributed by atoms with Gasteiger partial charge in [0.05, 0.1) is 10.6 Å². The molecule has 0 bridgehead atoms. The predicted molar refractivity (Wildman–Crippen MR) is 97.1 cm³/mol.